The Labute approximate surface area is 140 Å². The van der Waals surface area contributed by atoms with Crippen LogP contribution in [0.5, 0.6) is 0 Å². The van der Waals surface area contributed by atoms with E-state index in [0.29, 0.717) is 5.56 Å². The Morgan fingerprint density at radius 3 is 2.39 bits per heavy atom. The standard InChI is InChI=1S/C17H19ClN2O3/c18-13-7-5-6-12-15(13)17(23)20(16(12)22)11-8-14(21)19-9-3-1-2-4-10-19/h5-7H,1-4,8-11H2. The average molecular weight is 335 g/mol. The first-order chi connectivity index (χ1) is 11.1. The second kappa shape index (κ2) is 6.71. The third kappa shape index (κ3) is 3.11. The van der Waals surface area contributed by atoms with E-state index in [2.05, 4.69) is 0 Å². The highest BCUT2D eigenvalue weighted by Gasteiger charge is 2.37. The summed E-state index contributed by atoms with van der Waals surface area (Å²) in [5.74, 6) is -0.759. The number of hydrogen-bond donors (Lipinski definition) is 0. The number of hydrogen-bond acceptors (Lipinski definition) is 3. The number of fused-ring (bicyclic) bond motifs is 1. The Morgan fingerprint density at radius 1 is 1.04 bits per heavy atom. The van der Waals surface area contributed by atoms with Gasteiger partial charge >= 0.3 is 0 Å². The van der Waals surface area contributed by atoms with E-state index in [1.54, 1.807) is 18.2 Å². The predicted molar refractivity (Wildman–Crippen MR) is 86.5 cm³/mol. The highest BCUT2D eigenvalue weighted by molar-refractivity contribution is 6.37. The average Bonchev–Trinajstić information content (AvgIpc) is 2.75. The van der Waals surface area contributed by atoms with Crippen LogP contribution in [0, 0.1) is 0 Å². The smallest absolute Gasteiger partial charge is 0.263 e. The largest absolute Gasteiger partial charge is 0.343 e. The molecule has 0 bridgehead atoms. The summed E-state index contributed by atoms with van der Waals surface area (Å²) in [6.07, 6.45) is 4.52. The molecule has 0 aromatic heterocycles. The number of nitrogens with zero attached hydrogens (tertiary/aromatic N) is 2. The number of rotatable bonds is 3. The Morgan fingerprint density at radius 2 is 1.74 bits per heavy atom. The third-order valence-electron chi connectivity index (χ3n) is 4.46. The van der Waals surface area contributed by atoms with Gasteiger partial charge in [-0.25, -0.2) is 0 Å². The number of likely N-dealkylation sites (tertiary alicyclic amines) is 1. The molecule has 3 amide bonds. The van der Waals surface area contributed by atoms with Crippen LogP contribution in [0.1, 0.15) is 52.8 Å². The SMILES string of the molecule is O=C(CCN1C(=O)c2cccc(Cl)c2C1=O)N1CCCCCC1. The van der Waals surface area contributed by atoms with Crippen molar-refractivity contribution in [2.24, 2.45) is 0 Å². The van der Waals surface area contributed by atoms with E-state index < -0.39 is 5.91 Å². The van der Waals surface area contributed by atoms with Crippen LogP contribution in [0.2, 0.25) is 5.02 Å². The van der Waals surface area contributed by atoms with Crippen molar-refractivity contribution >= 4 is 29.3 Å². The maximum Gasteiger partial charge on any atom is 0.263 e. The number of halogens is 1. The van der Waals surface area contributed by atoms with E-state index in [4.69, 9.17) is 11.6 Å². The fourth-order valence-electron chi connectivity index (χ4n) is 3.18. The molecular formula is C17H19ClN2O3. The summed E-state index contributed by atoms with van der Waals surface area (Å²) in [7, 11) is 0. The summed E-state index contributed by atoms with van der Waals surface area (Å²) >= 11 is 6.02. The second-order valence-corrected chi connectivity index (χ2v) is 6.38. The molecule has 0 N–H and O–H groups in total. The van der Waals surface area contributed by atoms with Crippen LogP contribution in [0.25, 0.3) is 0 Å². The van der Waals surface area contributed by atoms with Crippen molar-refractivity contribution in [2.75, 3.05) is 19.6 Å². The third-order valence-corrected chi connectivity index (χ3v) is 4.77. The van der Waals surface area contributed by atoms with Gasteiger partial charge in [0.2, 0.25) is 5.91 Å². The lowest BCUT2D eigenvalue weighted by atomic mass is 10.1. The van der Waals surface area contributed by atoms with Crippen molar-refractivity contribution in [1.82, 2.24) is 9.80 Å². The summed E-state index contributed by atoms with van der Waals surface area (Å²) in [5.41, 5.74) is 0.575. The van der Waals surface area contributed by atoms with E-state index in [1.165, 1.54) is 0 Å². The molecule has 122 valence electrons. The summed E-state index contributed by atoms with van der Waals surface area (Å²) in [6.45, 7) is 1.65. The normalized spacial score (nSPS) is 18.1. The molecule has 1 aromatic carbocycles. The van der Waals surface area contributed by atoms with Crippen molar-refractivity contribution in [1.29, 1.82) is 0 Å². The topological polar surface area (TPSA) is 57.7 Å². The van der Waals surface area contributed by atoms with Crippen LogP contribution >= 0.6 is 11.6 Å². The molecule has 0 saturated carbocycles. The molecule has 2 aliphatic rings. The Kier molecular flexibility index (Phi) is 4.66. The van der Waals surface area contributed by atoms with Gasteiger partial charge in [-0.2, -0.15) is 0 Å². The fraction of sp³-hybridized carbons (Fsp3) is 0.471. The van der Waals surface area contributed by atoms with Crippen LogP contribution in [-0.4, -0.2) is 47.2 Å². The first-order valence-electron chi connectivity index (χ1n) is 8.02. The minimum absolute atomic E-state index is 0.00885. The zero-order chi connectivity index (χ0) is 16.4. The van der Waals surface area contributed by atoms with Gasteiger partial charge in [-0.05, 0) is 25.0 Å². The van der Waals surface area contributed by atoms with Crippen molar-refractivity contribution in [2.45, 2.75) is 32.1 Å². The molecule has 1 aromatic rings. The number of carbonyl (C=O) groups is 3. The molecule has 0 unspecified atom stereocenters. The summed E-state index contributed by atoms with van der Waals surface area (Å²) in [6, 6.07) is 4.84. The summed E-state index contributed by atoms with van der Waals surface area (Å²) in [4.78, 5) is 40.0. The van der Waals surface area contributed by atoms with Crippen LogP contribution in [0.3, 0.4) is 0 Å². The van der Waals surface area contributed by atoms with Crippen LogP contribution < -0.4 is 0 Å². The van der Waals surface area contributed by atoms with Gasteiger partial charge < -0.3 is 4.90 Å². The molecule has 6 heteroatoms. The minimum atomic E-state index is -0.403. The van der Waals surface area contributed by atoms with Gasteiger partial charge in [0.15, 0.2) is 0 Å². The fourth-order valence-corrected chi connectivity index (χ4v) is 3.44. The molecule has 2 heterocycles. The molecule has 0 atom stereocenters. The van der Waals surface area contributed by atoms with E-state index in [9.17, 15) is 14.4 Å². The number of imide groups is 1. The molecule has 0 aliphatic carbocycles. The van der Waals surface area contributed by atoms with Gasteiger partial charge in [0.05, 0.1) is 16.1 Å². The predicted octanol–water partition coefficient (Wildman–Crippen LogP) is 2.73. The molecule has 23 heavy (non-hydrogen) atoms. The van der Waals surface area contributed by atoms with E-state index in [1.807, 2.05) is 4.90 Å². The highest BCUT2D eigenvalue weighted by Crippen LogP contribution is 2.29. The van der Waals surface area contributed by atoms with Crippen LogP contribution in [-0.2, 0) is 4.79 Å². The summed E-state index contributed by atoms with van der Waals surface area (Å²) in [5, 5.41) is 0.280. The lowest BCUT2D eigenvalue weighted by molar-refractivity contribution is -0.131. The maximum atomic E-state index is 12.4. The van der Waals surface area contributed by atoms with Crippen molar-refractivity contribution in [3.8, 4) is 0 Å². The van der Waals surface area contributed by atoms with Crippen molar-refractivity contribution in [3.63, 3.8) is 0 Å². The van der Waals surface area contributed by atoms with E-state index in [0.717, 1.165) is 43.7 Å². The first kappa shape index (κ1) is 16.0. The van der Waals surface area contributed by atoms with Gasteiger partial charge in [-0.3, -0.25) is 19.3 Å². The monoisotopic (exact) mass is 334 g/mol. The van der Waals surface area contributed by atoms with Crippen molar-refractivity contribution < 1.29 is 14.4 Å². The molecule has 0 radical (unpaired) electrons. The maximum absolute atomic E-state index is 12.4. The van der Waals surface area contributed by atoms with E-state index in [-0.39, 0.29) is 35.4 Å². The molecule has 3 rings (SSSR count). The Bertz CT molecular complexity index is 651. The van der Waals surface area contributed by atoms with Gasteiger partial charge in [0, 0.05) is 26.1 Å². The molecule has 2 aliphatic heterocycles. The van der Waals surface area contributed by atoms with Crippen molar-refractivity contribution in [3.05, 3.63) is 34.3 Å². The first-order valence-corrected chi connectivity index (χ1v) is 8.40. The molecule has 5 nitrogen and oxygen atoms in total. The van der Waals surface area contributed by atoms with Gasteiger partial charge in [-0.15, -0.1) is 0 Å². The minimum Gasteiger partial charge on any atom is -0.343 e. The van der Waals surface area contributed by atoms with Gasteiger partial charge in [0.25, 0.3) is 11.8 Å². The summed E-state index contributed by atoms with van der Waals surface area (Å²) < 4.78 is 0. The number of amides is 3. The lowest BCUT2D eigenvalue weighted by Gasteiger charge is -2.21. The Balaban J connectivity index is 1.65. The van der Waals surface area contributed by atoms with Gasteiger partial charge in [-0.1, -0.05) is 30.5 Å². The molecule has 1 saturated heterocycles. The molecule has 0 spiro atoms. The van der Waals surface area contributed by atoms with Gasteiger partial charge in [0.1, 0.15) is 0 Å². The Hall–Kier alpha value is -1.88. The van der Waals surface area contributed by atoms with Crippen LogP contribution in [0.4, 0.5) is 0 Å². The van der Waals surface area contributed by atoms with E-state index >= 15 is 0 Å². The lowest BCUT2D eigenvalue weighted by Crippen LogP contribution is -2.37. The highest BCUT2D eigenvalue weighted by atomic mass is 35.5. The zero-order valence-corrected chi connectivity index (χ0v) is 13.6. The number of carbonyl (C=O) groups excluding carboxylic acids is 3. The number of benzene rings is 1. The molecule has 1 fully saturated rings. The molecular weight excluding hydrogens is 316 g/mol. The second-order valence-electron chi connectivity index (χ2n) is 5.97. The van der Waals surface area contributed by atoms with Crippen LogP contribution in [0.15, 0.2) is 18.2 Å². The quantitative estimate of drug-likeness (QED) is 0.799. The zero-order valence-electron chi connectivity index (χ0n) is 12.9.